The van der Waals surface area contributed by atoms with Gasteiger partial charge in [-0.2, -0.15) is 9.53 Å². The van der Waals surface area contributed by atoms with E-state index in [1.54, 1.807) is 13.8 Å². The second-order valence-corrected chi connectivity index (χ2v) is 3.80. The minimum absolute atomic E-state index is 0.164. The maximum atomic E-state index is 11.0. The van der Waals surface area contributed by atoms with Crippen LogP contribution in [0.5, 0.6) is 0 Å². The van der Waals surface area contributed by atoms with Crippen molar-refractivity contribution in [3.8, 4) is 0 Å². The van der Waals surface area contributed by atoms with Crippen LogP contribution < -0.4 is 5.59 Å². The van der Waals surface area contributed by atoms with E-state index in [-0.39, 0.29) is 12.7 Å². The third-order valence-electron chi connectivity index (χ3n) is 1.92. The average molecular weight is 292 g/mol. The smallest absolute Gasteiger partial charge is 0.434 e. The number of carbonyl (C=O) groups is 1. The van der Waals surface area contributed by atoms with Crippen molar-refractivity contribution in [2.24, 2.45) is 5.22 Å². The lowest BCUT2D eigenvalue weighted by Gasteiger charge is -2.07. The molecule has 1 N–H and O–H groups in total. The lowest BCUT2D eigenvalue weighted by atomic mass is 10.5. The lowest BCUT2D eigenvalue weighted by molar-refractivity contribution is -0.597. The van der Waals surface area contributed by atoms with E-state index < -0.39 is 6.16 Å². The van der Waals surface area contributed by atoms with Crippen LogP contribution in [0.1, 0.15) is 48.0 Å². The molecule has 7 nitrogen and oxygen atoms in total. The zero-order valence-electron chi connectivity index (χ0n) is 13.6. The van der Waals surface area contributed by atoms with E-state index >= 15 is 0 Å². The zero-order valence-corrected chi connectivity index (χ0v) is 13.6. The fraction of sp³-hybridized carbons (Fsp3) is 0.923. The molecule has 0 aromatic rings. The Morgan fingerprint density at radius 3 is 2.30 bits per heavy atom. The quantitative estimate of drug-likeness (QED) is 0.232. The van der Waals surface area contributed by atoms with Crippen molar-refractivity contribution in [1.29, 1.82) is 0 Å². The van der Waals surface area contributed by atoms with Crippen LogP contribution in [-0.4, -0.2) is 43.3 Å². The number of carbonyl (C=O) groups excluding carboxylic acids is 1. The predicted molar refractivity (Wildman–Crippen MR) is 76.4 cm³/mol. The Balaban J connectivity index is 0. The monoisotopic (exact) mass is 292 g/mol. The summed E-state index contributed by atoms with van der Waals surface area (Å²) < 4.78 is 11.4. The van der Waals surface area contributed by atoms with Gasteiger partial charge in [0.1, 0.15) is 24.9 Å². The molecule has 20 heavy (non-hydrogen) atoms. The maximum Gasteiger partial charge on any atom is 0.508 e. The summed E-state index contributed by atoms with van der Waals surface area (Å²) in [4.78, 5) is 16.0. The van der Waals surface area contributed by atoms with E-state index in [1.165, 1.54) is 0 Å². The van der Waals surface area contributed by atoms with E-state index in [2.05, 4.69) is 10.8 Å². The van der Waals surface area contributed by atoms with Crippen LogP contribution in [0.3, 0.4) is 0 Å². The Hall–Kier alpha value is -1.37. The van der Waals surface area contributed by atoms with Crippen molar-refractivity contribution in [2.75, 3.05) is 26.3 Å². The van der Waals surface area contributed by atoms with Gasteiger partial charge in [-0.3, -0.25) is 0 Å². The van der Waals surface area contributed by atoms with Crippen LogP contribution >= 0.6 is 0 Å². The molecule has 0 fully saturated rings. The van der Waals surface area contributed by atoms with Crippen molar-refractivity contribution >= 4 is 6.16 Å². The highest BCUT2D eigenvalue weighted by Crippen LogP contribution is 1.93. The summed E-state index contributed by atoms with van der Waals surface area (Å²) in [5.74, 6) is 0. The number of rotatable bonds is 9. The largest absolute Gasteiger partial charge is 0.508 e. The van der Waals surface area contributed by atoms with E-state index in [0.29, 0.717) is 13.0 Å². The highest BCUT2D eigenvalue weighted by Gasteiger charge is 2.05. The molecule has 0 spiro atoms. The van der Waals surface area contributed by atoms with E-state index in [1.807, 2.05) is 32.4 Å². The number of hydrogen-bond donors (Lipinski definition) is 1. The lowest BCUT2D eigenvalue weighted by Crippen LogP contribution is -2.18. The Bertz CT molecular complexity index is 252. The van der Waals surface area contributed by atoms with Gasteiger partial charge in [0.2, 0.25) is 0 Å². The van der Waals surface area contributed by atoms with Crippen molar-refractivity contribution in [2.45, 2.75) is 54.1 Å². The van der Waals surface area contributed by atoms with E-state index in [9.17, 15) is 4.79 Å². The topological polar surface area (TPSA) is 72.2 Å². The molecule has 0 saturated heterocycles. The van der Waals surface area contributed by atoms with Gasteiger partial charge in [0.05, 0.1) is 12.7 Å². The molecule has 0 atom stereocenters. The molecule has 120 valence electrons. The molecule has 0 saturated carbocycles. The number of nitrogens with zero attached hydrogens (tertiary/aromatic N) is 2. The second-order valence-electron chi connectivity index (χ2n) is 3.80. The minimum Gasteiger partial charge on any atom is -0.434 e. The van der Waals surface area contributed by atoms with Crippen LogP contribution in [0.25, 0.3) is 0 Å². The van der Waals surface area contributed by atoms with Crippen molar-refractivity contribution in [3.63, 3.8) is 0 Å². The van der Waals surface area contributed by atoms with Gasteiger partial charge >= 0.3 is 6.16 Å². The first-order valence-electron chi connectivity index (χ1n) is 7.25. The van der Waals surface area contributed by atoms with Crippen LogP contribution in [0.2, 0.25) is 0 Å². The summed E-state index contributed by atoms with van der Waals surface area (Å²) in [5.41, 5.74) is 2.49. The minimum atomic E-state index is -0.647. The van der Waals surface area contributed by atoms with Gasteiger partial charge in [0.15, 0.2) is 0 Å². The normalized spacial score (nSPS) is 9.35. The molecule has 0 aromatic heterocycles. The molecule has 0 unspecified atom stereocenters. The molecule has 7 heteroatoms. The van der Waals surface area contributed by atoms with Crippen LogP contribution in [-0.2, 0) is 14.3 Å². The summed E-state index contributed by atoms with van der Waals surface area (Å²) in [6, 6.07) is 0. The summed E-state index contributed by atoms with van der Waals surface area (Å²) >= 11 is 0. The molecule has 0 aliphatic rings. The molecule has 0 bridgehead atoms. The molecule has 0 radical (unpaired) electrons. The van der Waals surface area contributed by atoms with Gasteiger partial charge in [-0.25, -0.2) is 4.79 Å². The predicted octanol–water partition coefficient (Wildman–Crippen LogP) is 2.91. The number of ether oxygens (including phenoxy) is 2. The average Bonchev–Trinajstić information content (AvgIpc) is 2.43. The van der Waals surface area contributed by atoms with Crippen LogP contribution in [0.4, 0.5) is 4.79 Å². The molecule has 0 rings (SSSR count). The second kappa shape index (κ2) is 15.7. The number of hydrogen-bond acceptors (Lipinski definition) is 5. The van der Waals surface area contributed by atoms with Crippen LogP contribution in [0.15, 0.2) is 5.22 Å². The third-order valence-corrected chi connectivity index (χ3v) is 1.92. The van der Waals surface area contributed by atoms with Gasteiger partial charge < -0.3 is 9.47 Å². The summed E-state index contributed by atoms with van der Waals surface area (Å²) in [5, 5.41) is 3.96. The zero-order chi connectivity index (χ0) is 15.8. The Kier molecular flexibility index (Phi) is 16.4. The first kappa shape index (κ1) is 20.9. The molecule has 0 aliphatic heterocycles. The maximum absolute atomic E-state index is 11.0. The molecular formula is C13H30N3O4+. The van der Waals surface area contributed by atoms with Crippen molar-refractivity contribution < 1.29 is 23.8 Å². The van der Waals surface area contributed by atoms with Crippen molar-refractivity contribution in [3.05, 3.63) is 0 Å². The molecule has 0 amide bonds. The summed E-state index contributed by atoms with van der Waals surface area (Å²) in [7, 11) is 0. The molecule has 0 aromatic carbocycles. The molecule has 0 aliphatic carbocycles. The SMILES string of the molecule is CC.CC[N+](CC)=NNOCCCOC(=O)OC(C)C. The van der Waals surface area contributed by atoms with Gasteiger partial charge in [-0.1, -0.05) is 13.8 Å². The highest BCUT2D eigenvalue weighted by atomic mass is 16.7. The first-order valence-corrected chi connectivity index (χ1v) is 7.25. The summed E-state index contributed by atoms with van der Waals surface area (Å²) in [6.07, 6.45) is -0.234. The fourth-order valence-electron chi connectivity index (χ4n) is 1.01. The van der Waals surface area contributed by atoms with Gasteiger partial charge in [-0.05, 0) is 33.3 Å². The molecule has 0 heterocycles. The molecular weight excluding hydrogens is 262 g/mol. The highest BCUT2D eigenvalue weighted by molar-refractivity contribution is 5.59. The Labute approximate surface area is 122 Å². The van der Waals surface area contributed by atoms with Gasteiger partial charge in [0.25, 0.3) is 0 Å². The Morgan fingerprint density at radius 1 is 1.20 bits per heavy atom. The summed E-state index contributed by atoms with van der Waals surface area (Å²) in [6.45, 7) is 13.8. The first-order chi connectivity index (χ1) is 9.60. The standard InChI is InChI=1S/C11H23N3O4.C2H6/c1-5-14(6-2)12-13-17-9-7-8-16-11(15)18-10(3)4;1-2/h10H,5-9H2,1-4H3;1-2H3/p+1. The van der Waals surface area contributed by atoms with Crippen LogP contribution in [0, 0.1) is 0 Å². The fourth-order valence-corrected chi connectivity index (χ4v) is 1.01. The third kappa shape index (κ3) is 14.7. The van der Waals surface area contributed by atoms with E-state index in [4.69, 9.17) is 14.3 Å². The van der Waals surface area contributed by atoms with E-state index in [0.717, 1.165) is 13.1 Å². The van der Waals surface area contributed by atoms with Crippen molar-refractivity contribution in [1.82, 2.24) is 5.59 Å². The number of nitrogens with one attached hydrogen (secondary N) is 1. The Morgan fingerprint density at radius 2 is 1.80 bits per heavy atom. The van der Waals surface area contributed by atoms with Gasteiger partial charge in [-0.15, -0.1) is 0 Å². The van der Waals surface area contributed by atoms with Gasteiger partial charge in [0, 0.05) is 6.42 Å².